The third-order valence-corrected chi connectivity index (χ3v) is 2.47. The van der Waals surface area contributed by atoms with Gasteiger partial charge in [-0.05, 0) is 31.9 Å². The predicted octanol–water partition coefficient (Wildman–Crippen LogP) is 2.27. The van der Waals surface area contributed by atoms with Gasteiger partial charge < -0.3 is 10.1 Å². The molecule has 0 fully saturated rings. The molecule has 2 rings (SSSR count). The number of aliphatic hydroxyl groups is 1. The number of aryl methyl sites for hydroxylation is 1. The molecule has 0 bridgehead atoms. The van der Waals surface area contributed by atoms with Crippen LogP contribution in [0.15, 0.2) is 24.3 Å². The maximum Gasteiger partial charge on any atom is 0.107 e. The minimum atomic E-state index is -0.214. The second-order valence-electron chi connectivity index (χ2n) is 3.94. The van der Waals surface area contributed by atoms with Crippen LogP contribution in [0.25, 0.3) is 11.0 Å². The SMILES string of the molecule is CC(O)CCCc1nc2ccccc2[nH]1. The van der Waals surface area contributed by atoms with Crippen LogP contribution < -0.4 is 0 Å². The van der Waals surface area contributed by atoms with E-state index < -0.39 is 0 Å². The Morgan fingerprint density at radius 2 is 2.20 bits per heavy atom. The second kappa shape index (κ2) is 4.45. The zero-order valence-corrected chi connectivity index (χ0v) is 8.90. The number of aromatic nitrogens is 2. The van der Waals surface area contributed by atoms with Crippen LogP contribution in [0.2, 0.25) is 0 Å². The van der Waals surface area contributed by atoms with Crippen LogP contribution >= 0.6 is 0 Å². The fraction of sp³-hybridized carbons (Fsp3) is 0.417. The van der Waals surface area contributed by atoms with Gasteiger partial charge in [-0.25, -0.2) is 4.98 Å². The molecule has 2 N–H and O–H groups in total. The Morgan fingerprint density at radius 1 is 1.40 bits per heavy atom. The van der Waals surface area contributed by atoms with Gasteiger partial charge in [0.15, 0.2) is 0 Å². The van der Waals surface area contributed by atoms with Crippen molar-refractivity contribution >= 4 is 11.0 Å². The summed E-state index contributed by atoms with van der Waals surface area (Å²) < 4.78 is 0. The number of benzene rings is 1. The smallest absolute Gasteiger partial charge is 0.107 e. The molecule has 0 saturated heterocycles. The molecule has 3 nitrogen and oxygen atoms in total. The van der Waals surface area contributed by atoms with Gasteiger partial charge >= 0.3 is 0 Å². The summed E-state index contributed by atoms with van der Waals surface area (Å²) in [6.45, 7) is 1.82. The lowest BCUT2D eigenvalue weighted by molar-refractivity contribution is 0.181. The number of nitrogens with one attached hydrogen (secondary N) is 1. The minimum absolute atomic E-state index is 0.214. The van der Waals surface area contributed by atoms with Gasteiger partial charge in [0.05, 0.1) is 17.1 Å². The van der Waals surface area contributed by atoms with Crippen molar-refractivity contribution < 1.29 is 5.11 Å². The molecule has 0 aliphatic carbocycles. The van der Waals surface area contributed by atoms with Crippen molar-refractivity contribution in [1.82, 2.24) is 9.97 Å². The van der Waals surface area contributed by atoms with Crippen molar-refractivity contribution in [2.45, 2.75) is 32.3 Å². The second-order valence-corrected chi connectivity index (χ2v) is 3.94. The van der Waals surface area contributed by atoms with Crippen LogP contribution in [0, 0.1) is 0 Å². The Hall–Kier alpha value is -1.35. The van der Waals surface area contributed by atoms with E-state index in [-0.39, 0.29) is 6.10 Å². The predicted molar refractivity (Wildman–Crippen MR) is 60.7 cm³/mol. The lowest BCUT2D eigenvalue weighted by Gasteiger charge is -2.00. The largest absolute Gasteiger partial charge is 0.393 e. The highest BCUT2D eigenvalue weighted by Gasteiger charge is 2.02. The zero-order valence-electron chi connectivity index (χ0n) is 8.90. The number of nitrogens with zero attached hydrogens (tertiary/aromatic N) is 1. The normalized spacial score (nSPS) is 13.2. The van der Waals surface area contributed by atoms with Crippen LogP contribution in [0.3, 0.4) is 0 Å². The highest BCUT2D eigenvalue weighted by molar-refractivity contribution is 5.74. The van der Waals surface area contributed by atoms with E-state index in [9.17, 15) is 0 Å². The summed E-state index contributed by atoms with van der Waals surface area (Å²) in [7, 11) is 0. The average Bonchev–Trinajstić information content (AvgIpc) is 2.59. The standard InChI is InChI=1S/C12H16N2O/c1-9(15)5-4-8-12-13-10-6-2-3-7-11(10)14-12/h2-3,6-7,9,15H,4-5,8H2,1H3,(H,13,14). The summed E-state index contributed by atoms with van der Waals surface area (Å²) in [5.41, 5.74) is 2.11. The monoisotopic (exact) mass is 204 g/mol. The number of hydrogen-bond acceptors (Lipinski definition) is 2. The third kappa shape index (κ3) is 2.57. The van der Waals surface area contributed by atoms with E-state index in [4.69, 9.17) is 5.11 Å². The van der Waals surface area contributed by atoms with Crippen molar-refractivity contribution in [2.24, 2.45) is 0 Å². The van der Waals surface area contributed by atoms with E-state index in [1.807, 2.05) is 31.2 Å². The molecule has 1 aromatic carbocycles. The lowest BCUT2D eigenvalue weighted by atomic mass is 10.2. The van der Waals surface area contributed by atoms with Crippen molar-refractivity contribution in [3.05, 3.63) is 30.1 Å². The zero-order chi connectivity index (χ0) is 10.7. The van der Waals surface area contributed by atoms with Crippen molar-refractivity contribution in [3.8, 4) is 0 Å². The van der Waals surface area contributed by atoms with Gasteiger partial charge in [0.25, 0.3) is 0 Å². The van der Waals surface area contributed by atoms with Crippen LogP contribution in [-0.4, -0.2) is 21.2 Å². The Balaban J connectivity index is 2.03. The number of imidazole rings is 1. The number of para-hydroxylation sites is 2. The number of rotatable bonds is 4. The Kier molecular flexibility index (Phi) is 3.02. The first-order valence-electron chi connectivity index (χ1n) is 5.37. The average molecular weight is 204 g/mol. The van der Waals surface area contributed by atoms with E-state index in [0.717, 1.165) is 36.1 Å². The highest BCUT2D eigenvalue weighted by Crippen LogP contribution is 2.12. The number of aromatic amines is 1. The molecule has 0 saturated carbocycles. The molecule has 0 spiro atoms. The van der Waals surface area contributed by atoms with Crippen LogP contribution in [0.1, 0.15) is 25.6 Å². The maximum absolute atomic E-state index is 9.14. The molecule has 0 radical (unpaired) electrons. The van der Waals surface area contributed by atoms with Gasteiger partial charge in [-0.15, -0.1) is 0 Å². The summed E-state index contributed by atoms with van der Waals surface area (Å²) in [4.78, 5) is 7.75. The number of aliphatic hydroxyl groups excluding tert-OH is 1. The summed E-state index contributed by atoms with van der Waals surface area (Å²) >= 11 is 0. The van der Waals surface area contributed by atoms with Gasteiger partial charge in [-0.2, -0.15) is 0 Å². The van der Waals surface area contributed by atoms with Crippen molar-refractivity contribution in [3.63, 3.8) is 0 Å². The number of hydrogen-bond donors (Lipinski definition) is 2. The van der Waals surface area contributed by atoms with Gasteiger partial charge in [0.2, 0.25) is 0 Å². The molecular formula is C12H16N2O. The van der Waals surface area contributed by atoms with Gasteiger partial charge in [0.1, 0.15) is 5.82 Å². The number of fused-ring (bicyclic) bond motifs is 1. The van der Waals surface area contributed by atoms with Crippen LogP contribution in [0.4, 0.5) is 0 Å². The minimum Gasteiger partial charge on any atom is -0.393 e. The first-order valence-corrected chi connectivity index (χ1v) is 5.37. The Labute approximate surface area is 89.2 Å². The van der Waals surface area contributed by atoms with Crippen molar-refractivity contribution in [2.75, 3.05) is 0 Å². The van der Waals surface area contributed by atoms with Gasteiger partial charge in [0, 0.05) is 6.42 Å². The fourth-order valence-electron chi connectivity index (χ4n) is 1.69. The quantitative estimate of drug-likeness (QED) is 0.802. The van der Waals surface area contributed by atoms with Gasteiger partial charge in [-0.1, -0.05) is 12.1 Å². The first kappa shape index (κ1) is 10.2. The van der Waals surface area contributed by atoms with Crippen LogP contribution in [0.5, 0.6) is 0 Å². The van der Waals surface area contributed by atoms with Gasteiger partial charge in [-0.3, -0.25) is 0 Å². The Morgan fingerprint density at radius 3 is 2.93 bits per heavy atom. The maximum atomic E-state index is 9.14. The molecule has 0 amide bonds. The summed E-state index contributed by atoms with van der Waals surface area (Å²) in [5, 5.41) is 9.14. The molecule has 80 valence electrons. The first-order chi connectivity index (χ1) is 7.25. The van der Waals surface area contributed by atoms with E-state index in [0.29, 0.717) is 0 Å². The topological polar surface area (TPSA) is 48.9 Å². The molecule has 0 aliphatic heterocycles. The highest BCUT2D eigenvalue weighted by atomic mass is 16.3. The molecule has 1 aromatic heterocycles. The molecule has 1 unspecified atom stereocenters. The molecule has 1 atom stereocenters. The molecule has 1 heterocycles. The third-order valence-electron chi connectivity index (χ3n) is 2.47. The molecule has 2 aromatic rings. The van der Waals surface area contributed by atoms with E-state index in [2.05, 4.69) is 9.97 Å². The van der Waals surface area contributed by atoms with E-state index >= 15 is 0 Å². The fourth-order valence-corrected chi connectivity index (χ4v) is 1.69. The summed E-state index contributed by atoms with van der Waals surface area (Å²) in [5.74, 6) is 1.01. The van der Waals surface area contributed by atoms with E-state index in [1.165, 1.54) is 0 Å². The summed E-state index contributed by atoms with van der Waals surface area (Å²) in [6, 6.07) is 8.02. The number of H-pyrrole nitrogens is 1. The lowest BCUT2D eigenvalue weighted by Crippen LogP contribution is -2.00. The summed E-state index contributed by atoms with van der Waals surface area (Å²) in [6.07, 6.45) is 2.49. The van der Waals surface area contributed by atoms with Crippen molar-refractivity contribution in [1.29, 1.82) is 0 Å². The van der Waals surface area contributed by atoms with E-state index in [1.54, 1.807) is 0 Å². The molecular weight excluding hydrogens is 188 g/mol. The molecule has 0 aliphatic rings. The Bertz CT molecular complexity index is 401. The van der Waals surface area contributed by atoms with Crippen LogP contribution in [-0.2, 0) is 6.42 Å². The molecule has 3 heteroatoms. The molecule has 15 heavy (non-hydrogen) atoms.